The normalized spacial score (nSPS) is 10.0. The molecule has 6 heteroatoms. The van der Waals surface area contributed by atoms with Gasteiger partial charge in [-0.1, -0.05) is 0 Å². The van der Waals surface area contributed by atoms with Crippen LogP contribution in [0.1, 0.15) is 22.8 Å². The zero-order valence-electron chi connectivity index (χ0n) is 8.13. The zero-order valence-corrected chi connectivity index (χ0v) is 8.13. The largest absolute Gasteiger partial charge is 0.433 e. The van der Waals surface area contributed by atoms with Crippen LogP contribution in [0, 0.1) is 17.1 Å². The number of nitrogens with zero attached hydrogens (tertiary/aromatic N) is 1. The van der Waals surface area contributed by atoms with Gasteiger partial charge in [0.05, 0.1) is 11.1 Å². The molecule has 0 saturated carbocycles. The fourth-order valence-corrected chi connectivity index (χ4v) is 1.19. The third kappa shape index (κ3) is 2.31. The Labute approximate surface area is 89.1 Å². The number of Topliss-reactive ketones (excluding diaryl/α,β-unsaturated/α-hetero) is 1. The maximum Gasteiger partial charge on any atom is 0.387 e. The minimum atomic E-state index is -3.23. The van der Waals surface area contributed by atoms with E-state index in [2.05, 4.69) is 4.74 Å². The van der Waals surface area contributed by atoms with Crippen molar-refractivity contribution < 1.29 is 22.7 Å². The van der Waals surface area contributed by atoms with Crippen molar-refractivity contribution in [3.8, 4) is 11.8 Å². The highest BCUT2D eigenvalue weighted by atomic mass is 19.3. The summed E-state index contributed by atoms with van der Waals surface area (Å²) in [4.78, 5) is 11.1. The number of alkyl halides is 2. The van der Waals surface area contributed by atoms with E-state index in [1.165, 1.54) is 0 Å². The number of halogens is 3. The first-order chi connectivity index (χ1) is 7.47. The second kappa shape index (κ2) is 4.66. The predicted molar refractivity (Wildman–Crippen MR) is 47.8 cm³/mol. The molecule has 0 saturated heterocycles. The number of ketones is 1. The first-order valence-electron chi connectivity index (χ1n) is 4.15. The third-order valence-corrected chi connectivity index (χ3v) is 1.79. The summed E-state index contributed by atoms with van der Waals surface area (Å²) in [6.45, 7) is -2.23. The molecule has 1 aromatic carbocycles. The van der Waals surface area contributed by atoms with Crippen molar-refractivity contribution in [3.63, 3.8) is 0 Å². The molecule has 0 radical (unpaired) electrons. The smallest absolute Gasteiger partial charge is 0.387 e. The van der Waals surface area contributed by atoms with Gasteiger partial charge in [-0.3, -0.25) is 4.79 Å². The molecule has 3 nitrogen and oxygen atoms in total. The molecule has 0 amide bonds. The van der Waals surface area contributed by atoms with Gasteiger partial charge in [-0.15, -0.1) is 0 Å². The van der Waals surface area contributed by atoms with Gasteiger partial charge in [-0.05, 0) is 19.1 Å². The molecule has 1 rings (SSSR count). The molecular weight excluding hydrogens is 223 g/mol. The van der Waals surface area contributed by atoms with Crippen molar-refractivity contribution in [1.82, 2.24) is 0 Å². The van der Waals surface area contributed by atoms with Crippen molar-refractivity contribution in [3.05, 3.63) is 29.1 Å². The first-order valence-corrected chi connectivity index (χ1v) is 4.15. The number of hydrogen-bond acceptors (Lipinski definition) is 3. The van der Waals surface area contributed by atoms with E-state index < -0.39 is 29.5 Å². The average Bonchev–Trinajstić information content (AvgIpc) is 2.16. The molecule has 0 bridgehead atoms. The molecule has 1 aromatic rings. The average molecular weight is 229 g/mol. The second-order valence-corrected chi connectivity index (χ2v) is 2.85. The monoisotopic (exact) mass is 229 g/mol. The van der Waals surface area contributed by atoms with Crippen LogP contribution in [0.25, 0.3) is 0 Å². The molecule has 84 valence electrons. The molecule has 0 fully saturated rings. The van der Waals surface area contributed by atoms with Gasteiger partial charge < -0.3 is 4.74 Å². The molecule has 0 aliphatic rings. The van der Waals surface area contributed by atoms with Crippen LogP contribution in [0.5, 0.6) is 5.75 Å². The molecular formula is C10H6F3NO2. The topological polar surface area (TPSA) is 50.1 Å². The number of benzene rings is 1. The maximum absolute atomic E-state index is 13.2. The Kier molecular flexibility index (Phi) is 3.51. The SMILES string of the molecule is CC(=O)c1c(F)ccc(C#N)c1OC(F)F. The second-order valence-electron chi connectivity index (χ2n) is 2.85. The van der Waals surface area contributed by atoms with Crippen LogP contribution in [0.3, 0.4) is 0 Å². The third-order valence-electron chi connectivity index (χ3n) is 1.79. The van der Waals surface area contributed by atoms with Crippen LogP contribution < -0.4 is 4.74 Å². The van der Waals surface area contributed by atoms with Crippen molar-refractivity contribution in [2.24, 2.45) is 0 Å². The van der Waals surface area contributed by atoms with E-state index in [4.69, 9.17) is 5.26 Å². The molecule has 0 spiro atoms. The van der Waals surface area contributed by atoms with Crippen molar-refractivity contribution in [2.45, 2.75) is 13.5 Å². The number of carbonyl (C=O) groups is 1. The van der Waals surface area contributed by atoms with E-state index >= 15 is 0 Å². The van der Waals surface area contributed by atoms with E-state index in [9.17, 15) is 18.0 Å². The fraction of sp³-hybridized carbons (Fsp3) is 0.200. The standard InChI is InChI=1S/C10H6F3NO2/c1-5(15)8-7(11)3-2-6(4-14)9(8)16-10(12)13/h2-3,10H,1H3. The Morgan fingerprint density at radius 3 is 2.56 bits per heavy atom. The number of rotatable bonds is 3. The first kappa shape index (κ1) is 12.0. The van der Waals surface area contributed by atoms with Gasteiger partial charge in [0.1, 0.15) is 11.9 Å². The Morgan fingerprint density at radius 1 is 1.50 bits per heavy atom. The minimum absolute atomic E-state index is 0.313. The van der Waals surface area contributed by atoms with Crippen LogP contribution in [0.15, 0.2) is 12.1 Å². The van der Waals surface area contributed by atoms with Crippen LogP contribution in [-0.4, -0.2) is 12.4 Å². The molecule has 0 aliphatic heterocycles. The predicted octanol–water partition coefficient (Wildman–Crippen LogP) is 2.50. The van der Waals surface area contributed by atoms with E-state index in [1.54, 1.807) is 6.07 Å². The van der Waals surface area contributed by atoms with E-state index in [1.807, 2.05) is 0 Å². The Morgan fingerprint density at radius 2 is 2.12 bits per heavy atom. The summed E-state index contributed by atoms with van der Waals surface area (Å²) in [5.41, 5.74) is -0.953. The van der Waals surface area contributed by atoms with Crippen LogP contribution in [0.4, 0.5) is 13.2 Å². The molecule has 0 aromatic heterocycles. The Balaban J connectivity index is 3.44. The maximum atomic E-state index is 13.2. The van der Waals surface area contributed by atoms with Crippen LogP contribution >= 0.6 is 0 Å². The molecule has 0 N–H and O–H groups in total. The summed E-state index contributed by atoms with van der Waals surface area (Å²) in [6.07, 6.45) is 0. The quantitative estimate of drug-likeness (QED) is 0.748. The van der Waals surface area contributed by atoms with Crippen molar-refractivity contribution >= 4 is 5.78 Å². The molecule has 0 heterocycles. The van der Waals surface area contributed by atoms with Crippen molar-refractivity contribution in [2.75, 3.05) is 0 Å². The lowest BCUT2D eigenvalue weighted by Gasteiger charge is -2.10. The van der Waals surface area contributed by atoms with E-state index in [-0.39, 0.29) is 5.56 Å². The van der Waals surface area contributed by atoms with E-state index in [0.29, 0.717) is 0 Å². The molecule has 16 heavy (non-hydrogen) atoms. The molecule has 0 aliphatic carbocycles. The van der Waals surface area contributed by atoms with E-state index in [0.717, 1.165) is 19.1 Å². The highest BCUT2D eigenvalue weighted by Gasteiger charge is 2.21. The minimum Gasteiger partial charge on any atom is -0.433 e. The molecule has 0 unspecified atom stereocenters. The summed E-state index contributed by atoms with van der Waals surface area (Å²) < 4.78 is 41.3. The summed E-state index contributed by atoms with van der Waals surface area (Å²) in [5, 5.41) is 8.62. The number of ether oxygens (including phenoxy) is 1. The summed E-state index contributed by atoms with van der Waals surface area (Å²) in [6, 6.07) is 3.37. The lowest BCUT2D eigenvalue weighted by Crippen LogP contribution is -2.10. The van der Waals surface area contributed by atoms with Gasteiger partial charge in [0.25, 0.3) is 0 Å². The summed E-state index contributed by atoms with van der Waals surface area (Å²) in [7, 11) is 0. The summed E-state index contributed by atoms with van der Waals surface area (Å²) >= 11 is 0. The van der Waals surface area contributed by atoms with Gasteiger partial charge in [0, 0.05) is 0 Å². The lowest BCUT2D eigenvalue weighted by molar-refractivity contribution is -0.0504. The van der Waals surface area contributed by atoms with Crippen LogP contribution in [-0.2, 0) is 0 Å². The van der Waals surface area contributed by atoms with Gasteiger partial charge >= 0.3 is 6.61 Å². The number of carbonyl (C=O) groups excluding carboxylic acids is 1. The molecule has 0 atom stereocenters. The van der Waals surface area contributed by atoms with Gasteiger partial charge in [0.2, 0.25) is 0 Å². The highest BCUT2D eigenvalue weighted by molar-refractivity contribution is 5.97. The zero-order chi connectivity index (χ0) is 12.3. The number of hydrogen-bond donors (Lipinski definition) is 0. The van der Waals surface area contributed by atoms with Gasteiger partial charge in [-0.25, -0.2) is 4.39 Å². The Bertz CT molecular complexity index is 466. The lowest BCUT2D eigenvalue weighted by atomic mass is 10.1. The van der Waals surface area contributed by atoms with Gasteiger partial charge in [0.15, 0.2) is 11.5 Å². The van der Waals surface area contributed by atoms with Crippen molar-refractivity contribution in [1.29, 1.82) is 5.26 Å². The fourth-order valence-electron chi connectivity index (χ4n) is 1.19. The summed E-state index contributed by atoms with van der Waals surface area (Å²) in [5.74, 6) is -2.50. The van der Waals surface area contributed by atoms with Gasteiger partial charge in [-0.2, -0.15) is 14.0 Å². The Hall–Kier alpha value is -2.03. The number of nitriles is 1. The highest BCUT2D eigenvalue weighted by Crippen LogP contribution is 2.28. The van der Waals surface area contributed by atoms with Crippen LogP contribution in [0.2, 0.25) is 0 Å².